The maximum Gasteiger partial charge on any atom is 0.0220 e. The molecule has 0 spiro atoms. The average Bonchev–Trinajstić information content (AvgIpc) is 2.08. The number of rotatable bonds is 6. The van der Waals surface area contributed by atoms with Gasteiger partial charge in [0.2, 0.25) is 0 Å². The molecule has 2 N–H and O–H groups in total. The summed E-state index contributed by atoms with van der Waals surface area (Å²) in [6.07, 6.45) is 2.44. The van der Waals surface area contributed by atoms with Gasteiger partial charge >= 0.3 is 0 Å². The van der Waals surface area contributed by atoms with Gasteiger partial charge in [-0.2, -0.15) is 0 Å². The molecule has 2 nitrogen and oxygen atoms in total. The summed E-state index contributed by atoms with van der Waals surface area (Å²) in [6, 6.07) is 0.531. The van der Waals surface area contributed by atoms with Gasteiger partial charge in [0.1, 0.15) is 0 Å². The van der Waals surface area contributed by atoms with E-state index in [4.69, 9.17) is 5.73 Å². The summed E-state index contributed by atoms with van der Waals surface area (Å²) < 4.78 is 0. The van der Waals surface area contributed by atoms with E-state index in [9.17, 15) is 0 Å². The SMILES string of the molecule is CC(C)CCN(C)C(CN)CC(C)(C)C. The Morgan fingerprint density at radius 3 is 2.07 bits per heavy atom. The number of hydrogen-bond donors (Lipinski definition) is 1. The van der Waals surface area contributed by atoms with Crippen LogP contribution in [0.4, 0.5) is 0 Å². The zero-order valence-electron chi connectivity index (χ0n) is 11.5. The first-order valence-electron chi connectivity index (χ1n) is 6.16. The molecule has 0 aliphatic carbocycles. The quantitative estimate of drug-likeness (QED) is 0.736. The summed E-state index contributed by atoms with van der Waals surface area (Å²) in [5, 5.41) is 0. The number of nitrogens with zero attached hydrogens (tertiary/aromatic N) is 1. The lowest BCUT2D eigenvalue weighted by atomic mass is 9.87. The van der Waals surface area contributed by atoms with E-state index >= 15 is 0 Å². The molecule has 1 unspecified atom stereocenters. The Morgan fingerprint density at radius 2 is 1.73 bits per heavy atom. The molecule has 0 aromatic heterocycles. The molecule has 92 valence electrons. The maximum atomic E-state index is 5.85. The van der Waals surface area contributed by atoms with Gasteiger partial charge in [0, 0.05) is 12.6 Å². The first-order valence-corrected chi connectivity index (χ1v) is 6.16. The predicted molar refractivity (Wildman–Crippen MR) is 69.0 cm³/mol. The first-order chi connectivity index (χ1) is 6.76. The molecule has 1 atom stereocenters. The van der Waals surface area contributed by atoms with Gasteiger partial charge in [-0.25, -0.2) is 0 Å². The number of likely N-dealkylation sites (N-methyl/N-ethyl adjacent to an activating group) is 1. The van der Waals surface area contributed by atoms with Crippen molar-refractivity contribution in [2.75, 3.05) is 20.1 Å². The van der Waals surface area contributed by atoms with Crippen LogP contribution >= 0.6 is 0 Å². The first kappa shape index (κ1) is 14.9. The summed E-state index contributed by atoms with van der Waals surface area (Å²) in [7, 11) is 2.20. The van der Waals surface area contributed by atoms with E-state index in [-0.39, 0.29) is 0 Å². The summed E-state index contributed by atoms with van der Waals surface area (Å²) >= 11 is 0. The molecule has 0 saturated carbocycles. The Kier molecular flexibility index (Phi) is 6.46. The fraction of sp³-hybridized carbons (Fsp3) is 1.00. The van der Waals surface area contributed by atoms with Gasteiger partial charge in [-0.15, -0.1) is 0 Å². The molecule has 0 heterocycles. The molecule has 0 bridgehead atoms. The van der Waals surface area contributed by atoms with E-state index in [1.807, 2.05) is 0 Å². The third-order valence-electron chi connectivity index (χ3n) is 2.80. The summed E-state index contributed by atoms with van der Waals surface area (Å²) in [5.74, 6) is 0.778. The number of nitrogens with two attached hydrogens (primary N) is 1. The Balaban J connectivity index is 4.04. The van der Waals surface area contributed by atoms with E-state index in [1.165, 1.54) is 12.8 Å². The van der Waals surface area contributed by atoms with Crippen LogP contribution in [0.1, 0.15) is 47.5 Å². The van der Waals surface area contributed by atoms with Crippen molar-refractivity contribution < 1.29 is 0 Å². The average molecular weight is 214 g/mol. The van der Waals surface area contributed by atoms with Crippen LogP contribution < -0.4 is 5.73 Å². The standard InChI is InChI=1S/C13H30N2/c1-11(2)7-8-15(6)12(10-14)9-13(3,4)5/h11-12H,7-10,14H2,1-6H3. The molecule has 0 radical (unpaired) electrons. The molecule has 0 aliphatic heterocycles. The molecule has 2 heteroatoms. The van der Waals surface area contributed by atoms with Gasteiger partial charge in [-0.1, -0.05) is 34.6 Å². The van der Waals surface area contributed by atoms with Crippen molar-refractivity contribution in [1.82, 2.24) is 4.90 Å². The Bertz CT molecular complexity index is 158. The number of hydrogen-bond acceptors (Lipinski definition) is 2. The van der Waals surface area contributed by atoms with Crippen LogP contribution in [0.2, 0.25) is 0 Å². The van der Waals surface area contributed by atoms with Crippen molar-refractivity contribution in [3.63, 3.8) is 0 Å². The molecule has 0 amide bonds. The minimum Gasteiger partial charge on any atom is -0.329 e. The van der Waals surface area contributed by atoms with Gasteiger partial charge < -0.3 is 10.6 Å². The van der Waals surface area contributed by atoms with Gasteiger partial charge in [0.15, 0.2) is 0 Å². The van der Waals surface area contributed by atoms with Crippen LogP contribution in [0.5, 0.6) is 0 Å². The zero-order valence-corrected chi connectivity index (χ0v) is 11.5. The van der Waals surface area contributed by atoms with E-state index in [0.717, 1.165) is 19.0 Å². The van der Waals surface area contributed by atoms with Crippen molar-refractivity contribution in [3.05, 3.63) is 0 Å². The van der Waals surface area contributed by atoms with Crippen molar-refractivity contribution in [1.29, 1.82) is 0 Å². The minimum absolute atomic E-state index is 0.371. The second-order valence-corrected chi connectivity index (χ2v) is 6.32. The second kappa shape index (κ2) is 6.49. The highest BCUT2D eigenvalue weighted by Gasteiger charge is 2.20. The molecule has 0 fully saturated rings. The monoisotopic (exact) mass is 214 g/mol. The fourth-order valence-corrected chi connectivity index (χ4v) is 1.77. The predicted octanol–water partition coefficient (Wildman–Crippen LogP) is 2.73. The Morgan fingerprint density at radius 1 is 1.20 bits per heavy atom. The largest absolute Gasteiger partial charge is 0.329 e. The van der Waals surface area contributed by atoms with Gasteiger partial charge in [-0.3, -0.25) is 0 Å². The van der Waals surface area contributed by atoms with Crippen molar-refractivity contribution in [2.45, 2.75) is 53.5 Å². The molecule has 0 rings (SSSR count). The van der Waals surface area contributed by atoms with E-state index in [1.54, 1.807) is 0 Å². The van der Waals surface area contributed by atoms with Crippen LogP contribution in [-0.4, -0.2) is 31.1 Å². The van der Waals surface area contributed by atoms with E-state index in [2.05, 4.69) is 46.6 Å². The third-order valence-corrected chi connectivity index (χ3v) is 2.80. The van der Waals surface area contributed by atoms with Crippen molar-refractivity contribution in [2.24, 2.45) is 17.1 Å². The summed E-state index contributed by atoms with van der Waals surface area (Å²) in [5.41, 5.74) is 6.22. The molecular formula is C13H30N2. The van der Waals surface area contributed by atoms with Crippen LogP contribution in [-0.2, 0) is 0 Å². The molecular weight excluding hydrogens is 184 g/mol. The molecule has 15 heavy (non-hydrogen) atoms. The van der Waals surface area contributed by atoms with Gasteiger partial charge in [-0.05, 0) is 37.8 Å². The minimum atomic E-state index is 0.371. The van der Waals surface area contributed by atoms with Crippen molar-refractivity contribution in [3.8, 4) is 0 Å². The Labute approximate surface area is 96.2 Å². The normalized spacial score (nSPS) is 15.0. The lowest BCUT2D eigenvalue weighted by Gasteiger charge is -2.32. The highest BCUT2D eigenvalue weighted by Crippen LogP contribution is 2.22. The smallest absolute Gasteiger partial charge is 0.0220 e. The van der Waals surface area contributed by atoms with E-state index < -0.39 is 0 Å². The van der Waals surface area contributed by atoms with Gasteiger partial charge in [0.25, 0.3) is 0 Å². The van der Waals surface area contributed by atoms with E-state index in [0.29, 0.717) is 11.5 Å². The topological polar surface area (TPSA) is 29.3 Å². The third kappa shape index (κ3) is 7.80. The van der Waals surface area contributed by atoms with Gasteiger partial charge in [0.05, 0.1) is 0 Å². The van der Waals surface area contributed by atoms with Crippen LogP contribution in [0, 0.1) is 11.3 Å². The molecule has 0 aromatic carbocycles. The van der Waals surface area contributed by atoms with Crippen LogP contribution in [0.25, 0.3) is 0 Å². The fourth-order valence-electron chi connectivity index (χ4n) is 1.77. The second-order valence-electron chi connectivity index (χ2n) is 6.32. The summed E-state index contributed by atoms with van der Waals surface area (Å²) in [6.45, 7) is 13.3. The molecule has 0 aliphatic rings. The Hall–Kier alpha value is -0.0800. The van der Waals surface area contributed by atoms with Crippen molar-refractivity contribution >= 4 is 0 Å². The van der Waals surface area contributed by atoms with Crippen LogP contribution in [0.3, 0.4) is 0 Å². The summed E-state index contributed by atoms with van der Waals surface area (Å²) in [4.78, 5) is 2.42. The maximum absolute atomic E-state index is 5.85. The van der Waals surface area contributed by atoms with Crippen LogP contribution in [0.15, 0.2) is 0 Å². The molecule has 0 aromatic rings. The highest BCUT2D eigenvalue weighted by atomic mass is 15.1. The zero-order chi connectivity index (χ0) is 12.1. The lowest BCUT2D eigenvalue weighted by molar-refractivity contribution is 0.177. The molecule has 0 saturated heterocycles. The highest BCUT2D eigenvalue weighted by molar-refractivity contribution is 4.76. The lowest BCUT2D eigenvalue weighted by Crippen LogP contribution is -2.41.